The van der Waals surface area contributed by atoms with Gasteiger partial charge in [0.15, 0.2) is 0 Å². The van der Waals surface area contributed by atoms with Gasteiger partial charge in [0.2, 0.25) is 0 Å². The predicted molar refractivity (Wildman–Crippen MR) is 93.7 cm³/mol. The Hall–Kier alpha value is -3.38. The monoisotopic (exact) mass is 295 g/mol. The van der Waals surface area contributed by atoms with Crippen molar-refractivity contribution in [3.8, 4) is 6.07 Å². The third-order valence-electron chi connectivity index (χ3n) is 3.87. The summed E-state index contributed by atoms with van der Waals surface area (Å²) in [5, 5.41) is 15.7. The molecule has 4 aromatic rings. The molecule has 0 aliphatic carbocycles. The van der Waals surface area contributed by atoms with Gasteiger partial charge in [-0.15, -0.1) is 0 Å². The van der Waals surface area contributed by atoms with Crippen molar-refractivity contribution in [1.29, 1.82) is 5.26 Å². The number of benzene rings is 3. The van der Waals surface area contributed by atoms with E-state index in [1.165, 1.54) is 0 Å². The van der Waals surface area contributed by atoms with Gasteiger partial charge in [0.25, 0.3) is 0 Å². The molecule has 0 aliphatic heterocycles. The second-order valence-electron chi connectivity index (χ2n) is 5.34. The largest absolute Gasteiger partial charge is 0.340 e. The Labute approximate surface area is 133 Å². The number of nitrogens with zero attached hydrogens (tertiary/aromatic N) is 2. The summed E-state index contributed by atoms with van der Waals surface area (Å²) in [6.07, 6.45) is 0. The molecule has 0 spiro atoms. The lowest BCUT2D eigenvalue weighted by molar-refractivity contribution is 1.39. The van der Waals surface area contributed by atoms with Gasteiger partial charge < -0.3 is 5.32 Å². The fraction of sp³-hybridized carbons (Fsp3) is 0. The average molecular weight is 295 g/mol. The van der Waals surface area contributed by atoms with Crippen molar-refractivity contribution in [3.63, 3.8) is 0 Å². The number of para-hydroxylation sites is 1. The Balaban J connectivity index is 1.99. The Bertz CT molecular complexity index is 1050. The number of pyridine rings is 1. The fourth-order valence-corrected chi connectivity index (χ4v) is 2.78. The Morgan fingerprint density at radius 1 is 0.783 bits per heavy atom. The van der Waals surface area contributed by atoms with Crippen LogP contribution >= 0.6 is 0 Å². The Morgan fingerprint density at radius 2 is 1.52 bits per heavy atom. The van der Waals surface area contributed by atoms with Crippen molar-refractivity contribution < 1.29 is 0 Å². The summed E-state index contributed by atoms with van der Waals surface area (Å²) in [5.74, 6) is 0.800. The highest BCUT2D eigenvalue weighted by atomic mass is 15.0. The molecule has 0 aliphatic rings. The van der Waals surface area contributed by atoms with Crippen LogP contribution in [-0.2, 0) is 0 Å². The SMILES string of the molecule is N#Cc1ccc2c(c1)nc(Nc1ccccc1)c1ccccc12. The summed E-state index contributed by atoms with van der Waals surface area (Å²) in [7, 11) is 0. The highest BCUT2D eigenvalue weighted by Crippen LogP contribution is 2.31. The maximum Gasteiger partial charge on any atom is 0.138 e. The van der Waals surface area contributed by atoms with Gasteiger partial charge in [-0.2, -0.15) is 5.26 Å². The smallest absolute Gasteiger partial charge is 0.138 e. The first-order valence-corrected chi connectivity index (χ1v) is 7.40. The molecule has 3 heteroatoms. The first-order chi connectivity index (χ1) is 11.3. The zero-order valence-electron chi connectivity index (χ0n) is 12.3. The average Bonchev–Trinajstić information content (AvgIpc) is 2.62. The lowest BCUT2D eigenvalue weighted by Gasteiger charge is -2.11. The molecule has 0 unspecified atom stereocenters. The summed E-state index contributed by atoms with van der Waals surface area (Å²) >= 11 is 0. The zero-order valence-corrected chi connectivity index (χ0v) is 12.3. The van der Waals surface area contributed by atoms with E-state index >= 15 is 0 Å². The molecule has 3 nitrogen and oxygen atoms in total. The van der Waals surface area contributed by atoms with Crippen molar-refractivity contribution in [2.45, 2.75) is 0 Å². The molecular weight excluding hydrogens is 282 g/mol. The lowest BCUT2D eigenvalue weighted by atomic mass is 10.0. The molecule has 3 aromatic carbocycles. The maximum absolute atomic E-state index is 9.12. The first kappa shape index (κ1) is 13.3. The molecule has 1 N–H and O–H groups in total. The number of rotatable bonds is 2. The van der Waals surface area contributed by atoms with Gasteiger partial charge >= 0.3 is 0 Å². The van der Waals surface area contributed by atoms with E-state index in [2.05, 4.69) is 23.5 Å². The first-order valence-electron chi connectivity index (χ1n) is 7.40. The van der Waals surface area contributed by atoms with Crippen LogP contribution in [0.15, 0.2) is 72.8 Å². The number of aromatic nitrogens is 1. The highest BCUT2D eigenvalue weighted by Gasteiger charge is 2.09. The second-order valence-corrected chi connectivity index (χ2v) is 5.34. The van der Waals surface area contributed by atoms with Gasteiger partial charge in [0, 0.05) is 16.5 Å². The summed E-state index contributed by atoms with van der Waals surface area (Å²) in [5.41, 5.74) is 2.42. The van der Waals surface area contributed by atoms with E-state index in [0.717, 1.165) is 33.2 Å². The molecular formula is C20H13N3. The minimum absolute atomic E-state index is 0.617. The van der Waals surface area contributed by atoms with E-state index in [4.69, 9.17) is 10.2 Å². The third-order valence-corrected chi connectivity index (χ3v) is 3.87. The molecule has 0 atom stereocenters. The molecule has 1 heterocycles. The highest BCUT2D eigenvalue weighted by molar-refractivity contribution is 6.10. The quantitative estimate of drug-likeness (QED) is 0.529. The number of nitriles is 1. The molecule has 0 amide bonds. The normalized spacial score (nSPS) is 10.6. The second kappa shape index (κ2) is 5.43. The van der Waals surface area contributed by atoms with Crippen LogP contribution in [0.25, 0.3) is 21.7 Å². The molecule has 0 saturated carbocycles. The van der Waals surface area contributed by atoms with E-state index in [-0.39, 0.29) is 0 Å². The van der Waals surface area contributed by atoms with E-state index in [0.29, 0.717) is 5.56 Å². The summed E-state index contributed by atoms with van der Waals surface area (Å²) in [4.78, 5) is 4.75. The van der Waals surface area contributed by atoms with E-state index in [9.17, 15) is 0 Å². The summed E-state index contributed by atoms with van der Waals surface area (Å²) in [6.45, 7) is 0. The van der Waals surface area contributed by atoms with Crippen LogP contribution in [0.1, 0.15) is 5.56 Å². The van der Waals surface area contributed by atoms with Crippen molar-refractivity contribution in [2.24, 2.45) is 0 Å². The standard InChI is InChI=1S/C20H13N3/c21-13-14-10-11-17-16-8-4-5-9-18(16)20(23-19(17)12-14)22-15-6-2-1-3-7-15/h1-12H,(H,22,23). The van der Waals surface area contributed by atoms with E-state index in [1.807, 2.05) is 60.7 Å². The topological polar surface area (TPSA) is 48.7 Å². The number of nitrogens with one attached hydrogen (secondary N) is 1. The van der Waals surface area contributed by atoms with Crippen LogP contribution in [0.2, 0.25) is 0 Å². The molecule has 0 radical (unpaired) electrons. The van der Waals surface area contributed by atoms with Crippen molar-refractivity contribution in [3.05, 3.63) is 78.4 Å². The number of fused-ring (bicyclic) bond motifs is 3. The van der Waals surface area contributed by atoms with Crippen LogP contribution in [0.3, 0.4) is 0 Å². The van der Waals surface area contributed by atoms with Gasteiger partial charge in [-0.05, 0) is 29.7 Å². The van der Waals surface area contributed by atoms with Crippen LogP contribution in [0, 0.1) is 11.3 Å². The van der Waals surface area contributed by atoms with E-state index < -0.39 is 0 Å². The molecule has 23 heavy (non-hydrogen) atoms. The molecule has 4 rings (SSSR count). The molecule has 1 aromatic heterocycles. The van der Waals surface area contributed by atoms with Crippen LogP contribution in [-0.4, -0.2) is 4.98 Å². The minimum atomic E-state index is 0.617. The molecule has 108 valence electrons. The van der Waals surface area contributed by atoms with Gasteiger partial charge in [0.1, 0.15) is 5.82 Å². The maximum atomic E-state index is 9.12. The Kier molecular flexibility index (Phi) is 3.14. The predicted octanol–water partition coefficient (Wildman–Crippen LogP) is 5.00. The minimum Gasteiger partial charge on any atom is -0.340 e. The fourth-order valence-electron chi connectivity index (χ4n) is 2.78. The van der Waals surface area contributed by atoms with Gasteiger partial charge in [-0.25, -0.2) is 4.98 Å². The lowest BCUT2D eigenvalue weighted by Crippen LogP contribution is -1.96. The Morgan fingerprint density at radius 3 is 2.30 bits per heavy atom. The number of hydrogen-bond acceptors (Lipinski definition) is 3. The van der Waals surface area contributed by atoms with Crippen molar-refractivity contribution in [2.75, 3.05) is 5.32 Å². The van der Waals surface area contributed by atoms with Crippen LogP contribution < -0.4 is 5.32 Å². The van der Waals surface area contributed by atoms with Gasteiger partial charge in [0.05, 0.1) is 17.1 Å². The van der Waals surface area contributed by atoms with Crippen molar-refractivity contribution >= 4 is 33.2 Å². The molecule has 0 bridgehead atoms. The zero-order chi connectivity index (χ0) is 15.6. The van der Waals surface area contributed by atoms with Crippen LogP contribution in [0.4, 0.5) is 11.5 Å². The number of anilines is 2. The third kappa shape index (κ3) is 2.37. The van der Waals surface area contributed by atoms with Gasteiger partial charge in [-0.1, -0.05) is 48.5 Å². The van der Waals surface area contributed by atoms with Crippen LogP contribution in [0.5, 0.6) is 0 Å². The summed E-state index contributed by atoms with van der Waals surface area (Å²) in [6, 6.07) is 26.0. The van der Waals surface area contributed by atoms with E-state index in [1.54, 1.807) is 0 Å². The molecule has 0 fully saturated rings. The van der Waals surface area contributed by atoms with Crippen molar-refractivity contribution in [1.82, 2.24) is 4.98 Å². The van der Waals surface area contributed by atoms with Gasteiger partial charge in [-0.3, -0.25) is 0 Å². The number of hydrogen-bond donors (Lipinski definition) is 1. The molecule has 0 saturated heterocycles. The summed E-state index contributed by atoms with van der Waals surface area (Å²) < 4.78 is 0.